The number of hydrogen-bond donors (Lipinski definition) is 2. The summed E-state index contributed by atoms with van der Waals surface area (Å²) < 4.78 is 4.86. The van der Waals surface area contributed by atoms with Crippen LogP contribution in [-0.4, -0.2) is 31.3 Å². The van der Waals surface area contributed by atoms with Crippen LogP contribution >= 0.6 is 0 Å². The summed E-state index contributed by atoms with van der Waals surface area (Å²) in [6.07, 6.45) is 0.792. The molecule has 0 aliphatic rings. The first-order valence-electron chi connectivity index (χ1n) is 4.80. The number of rotatable bonds is 5. The van der Waals surface area contributed by atoms with E-state index in [4.69, 9.17) is 9.84 Å². The predicted molar refractivity (Wildman–Crippen MR) is 56.9 cm³/mol. The third kappa shape index (κ3) is 3.99. The molecule has 0 radical (unpaired) electrons. The average molecular weight is 209 g/mol. The van der Waals surface area contributed by atoms with Crippen LogP contribution < -0.4 is 5.32 Å². The number of phenols is 1. The van der Waals surface area contributed by atoms with Gasteiger partial charge in [0, 0.05) is 25.8 Å². The van der Waals surface area contributed by atoms with E-state index in [0.717, 1.165) is 6.42 Å². The van der Waals surface area contributed by atoms with Gasteiger partial charge >= 0.3 is 0 Å². The summed E-state index contributed by atoms with van der Waals surface area (Å²) in [4.78, 5) is 11.5. The maximum Gasteiger partial charge on any atom is 0.251 e. The minimum absolute atomic E-state index is 0.133. The highest BCUT2D eigenvalue weighted by molar-refractivity contribution is 5.94. The van der Waals surface area contributed by atoms with E-state index >= 15 is 0 Å². The first-order chi connectivity index (χ1) is 7.24. The van der Waals surface area contributed by atoms with Crippen molar-refractivity contribution in [2.75, 3.05) is 20.3 Å². The van der Waals surface area contributed by atoms with Gasteiger partial charge in [0.15, 0.2) is 0 Å². The van der Waals surface area contributed by atoms with Crippen LogP contribution in [0.15, 0.2) is 24.3 Å². The van der Waals surface area contributed by atoms with Gasteiger partial charge in [-0.25, -0.2) is 0 Å². The summed E-state index contributed by atoms with van der Waals surface area (Å²) in [5, 5.41) is 11.8. The van der Waals surface area contributed by atoms with Crippen molar-refractivity contribution in [2.45, 2.75) is 6.42 Å². The van der Waals surface area contributed by atoms with Crippen LogP contribution in [0, 0.1) is 0 Å². The maximum absolute atomic E-state index is 11.5. The molecule has 0 atom stereocenters. The molecule has 1 amide bonds. The minimum Gasteiger partial charge on any atom is -0.508 e. The second-order valence-corrected chi connectivity index (χ2v) is 3.15. The van der Waals surface area contributed by atoms with E-state index in [1.54, 1.807) is 19.2 Å². The first-order valence-corrected chi connectivity index (χ1v) is 4.80. The number of hydrogen-bond acceptors (Lipinski definition) is 3. The number of aromatic hydroxyl groups is 1. The highest BCUT2D eigenvalue weighted by Crippen LogP contribution is 2.09. The van der Waals surface area contributed by atoms with E-state index < -0.39 is 0 Å². The van der Waals surface area contributed by atoms with Crippen molar-refractivity contribution in [1.29, 1.82) is 0 Å². The molecule has 0 saturated carbocycles. The first kappa shape index (κ1) is 11.5. The lowest BCUT2D eigenvalue weighted by Gasteiger charge is -2.04. The molecule has 0 spiro atoms. The molecule has 15 heavy (non-hydrogen) atoms. The van der Waals surface area contributed by atoms with Crippen molar-refractivity contribution in [2.24, 2.45) is 0 Å². The van der Waals surface area contributed by atoms with Crippen molar-refractivity contribution in [1.82, 2.24) is 5.32 Å². The van der Waals surface area contributed by atoms with Gasteiger partial charge in [-0.05, 0) is 30.7 Å². The van der Waals surface area contributed by atoms with E-state index in [9.17, 15) is 4.79 Å². The Balaban J connectivity index is 2.37. The molecule has 1 aromatic rings. The van der Waals surface area contributed by atoms with Crippen LogP contribution in [0.4, 0.5) is 0 Å². The lowest BCUT2D eigenvalue weighted by atomic mass is 10.2. The Labute approximate surface area is 88.9 Å². The van der Waals surface area contributed by atoms with Gasteiger partial charge in [0.1, 0.15) is 5.75 Å². The summed E-state index contributed by atoms with van der Waals surface area (Å²) in [7, 11) is 1.63. The lowest BCUT2D eigenvalue weighted by molar-refractivity contribution is 0.0948. The molecule has 4 nitrogen and oxygen atoms in total. The Bertz CT molecular complexity index is 308. The standard InChI is InChI=1S/C11H15NO3/c1-15-8-2-7-12-11(14)9-3-5-10(13)6-4-9/h3-6,13H,2,7-8H2,1H3,(H,12,14). The van der Waals surface area contributed by atoms with Gasteiger partial charge in [0.25, 0.3) is 5.91 Å². The molecule has 1 aromatic carbocycles. The Hall–Kier alpha value is -1.55. The van der Waals surface area contributed by atoms with E-state index in [1.165, 1.54) is 12.1 Å². The highest BCUT2D eigenvalue weighted by Gasteiger charge is 2.03. The van der Waals surface area contributed by atoms with E-state index in [-0.39, 0.29) is 11.7 Å². The molecule has 82 valence electrons. The molecule has 4 heteroatoms. The molecule has 0 bridgehead atoms. The van der Waals surface area contributed by atoms with Crippen molar-refractivity contribution in [3.63, 3.8) is 0 Å². The lowest BCUT2D eigenvalue weighted by Crippen LogP contribution is -2.25. The second-order valence-electron chi connectivity index (χ2n) is 3.15. The van der Waals surface area contributed by atoms with Gasteiger partial charge < -0.3 is 15.2 Å². The van der Waals surface area contributed by atoms with Crippen molar-refractivity contribution < 1.29 is 14.6 Å². The third-order valence-corrected chi connectivity index (χ3v) is 1.94. The highest BCUT2D eigenvalue weighted by atomic mass is 16.5. The molecule has 2 N–H and O–H groups in total. The summed E-state index contributed by atoms with van der Waals surface area (Å²) in [6, 6.07) is 6.15. The number of methoxy groups -OCH3 is 1. The Morgan fingerprint density at radius 3 is 2.67 bits per heavy atom. The fraction of sp³-hybridized carbons (Fsp3) is 0.364. The fourth-order valence-corrected chi connectivity index (χ4v) is 1.13. The zero-order chi connectivity index (χ0) is 11.1. The zero-order valence-corrected chi connectivity index (χ0v) is 8.69. The summed E-state index contributed by atoms with van der Waals surface area (Å²) in [5.41, 5.74) is 0.546. The Kier molecular flexibility index (Phi) is 4.63. The smallest absolute Gasteiger partial charge is 0.251 e. The molecule has 0 aliphatic carbocycles. The Morgan fingerprint density at radius 1 is 1.40 bits per heavy atom. The fourth-order valence-electron chi connectivity index (χ4n) is 1.13. The molecule has 0 heterocycles. The number of phenolic OH excluding ortho intramolecular Hbond substituents is 1. The summed E-state index contributed by atoms with van der Waals surface area (Å²) in [6.45, 7) is 1.23. The second kappa shape index (κ2) is 6.03. The van der Waals surface area contributed by atoms with E-state index in [0.29, 0.717) is 18.7 Å². The van der Waals surface area contributed by atoms with Gasteiger partial charge in [-0.2, -0.15) is 0 Å². The number of benzene rings is 1. The van der Waals surface area contributed by atoms with Gasteiger partial charge in [0.05, 0.1) is 0 Å². The number of nitrogens with one attached hydrogen (secondary N) is 1. The number of carbonyl (C=O) groups is 1. The molecular weight excluding hydrogens is 194 g/mol. The maximum atomic E-state index is 11.5. The van der Waals surface area contributed by atoms with Crippen LogP contribution in [0.3, 0.4) is 0 Å². The van der Waals surface area contributed by atoms with Gasteiger partial charge in [-0.15, -0.1) is 0 Å². The molecule has 0 aliphatic heterocycles. The Morgan fingerprint density at radius 2 is 2.07 bits per heavy atom. The number of amides is 1. The molecule has 0 aromatic heterocycles. The normalized spacial score (nSPS) is 9.93. The summed E-state index contributed by atoms with van der Waals surface area (Å²) in [5.74, 6) is 0.0250. The zero-order valence-electron chi connectivity index (χ0n) is 8.69. The van der Waals surface area contributed by atoms with Gasteiger partial charge in [0.2, 0.25) is 0 Å². The minimum atomic E-state index is -0.133. The summed E-state index contributed by atoms with van der Waals surface area (Å²) >= 11 is 0. The predicted octanol–water partition coefficient (Wildman–Crippen LogP) is 1.16. The topological polar surface area (TPSA) is 58.6 Å². The number of carbonyl (C=O) groups excluding carboxylic acids is 1. The third-order valence-electron chi connectivity index (χ3n) is 1.94. The van der Waals surface area contributed by atoms with Crippen LogP contribution in [0.5, 0.6) is 5.75 Å². The quantitative estimate of drug-likeness (QED) is 0.715. The van der Waals surface area contributed by atoms with Crippen molar-refractivity contribution >= 4 is 5.91 Å². The van der Waals surface area contributed by atoms with Crippen LogP contribution in [0.1, 0.15) is 16.8 Å². The largest absolute Gasteiger partial charge is 0.508 e. The SMILES string of the molecule is COCCCNC(=O)c1ccc(O)cc1. The van der Waals surface area contributed by atoms with E-state index in [1.807, 2.05) is 0 Å². The van der Waals surface area contributed by atoms with Crippen LogP contribution in [0.25, 0.3) is 0 Å². The average Bonchev–Trinajstić information content (AvgIpc) is 2.25. The van der Waals surface area contributed by atoms with Crippen molar-refractivity contribution in [3.8, 4) is 5.75 Å². The molecular formula is C11H15NO3. The van der Waals surface area contributed by atoms with Crippen LogP contribution in [0.2, 0.25) is 0 Å². The monoisotopic (exact) mass is 209 g/mol. The molecule has 1 rings (SSSR count). The van der Waals surface area contributed by atoms with Gasteiger partial charge in [-0.1, -0.05) is 0 Å². The van der Waals surface area contributed by atoms with E-state index in [2.05, 4.69) is 5.32 Å². The van der Waals surface area contributed by atoms with Gasteiger partial charge in [-0.3, -0.25) is 4.79 Å². The molecule has 0 unspecified atom stereocenters. The molecule has 0 saturated heterocycles. The number of ether oxygens (including phenoxy) is 1. The van der Waals surface area contributed by atoms with Crippen molar-refractivity contribution in [3.05, 3.63) is 29.8 Å². The molecule has 0 fully saturated rings. The van der Waals surface area contributed by atoms with Crippen LogP contribution in [-0.2, 0) is 4.74 Å².